The fraction of sp³-hybridized carbons (Fsp3) is 0.444. The van der Waals surface area contributed by atoms with Crippen LogP contribution in [0.4, 0.5) is 5.69 Å². The van der Waals surface area contributed by atoms with E-state index in [2.05, 4.69) is 42.4 Å². The molecule has 0 aliphatic carbocycles. The molecule has 0 bridgehead atoms. The smallest absolute Gasteiger partial charge is 0.250 e. The number of ether oxygens (including phenoxy) is 2. The molecule has 1 aliphatic heterocycles. The Balaban J connectivity index is 2.02. The highest BCUT2D eigenvalue weighted by Crippen LogP contribution is 2.56. The molecule has 1 amide bonds. The maximum Gasteiger partial charge on any atom is 0.250 e. The highest BCUT2D eigenvalue weighted by Gasteiger charge is 2.50. The molecule has 0 saturated heterocycles. The number of thioether (sulfide) groups is 1. The van der Waals surface area contributed by atoms with Gasteiger partial charge in [-0.15, -0.1) is 16.9 Å². The number of fused-ring (bicyclic) bond motifs is 1. The number of nitrogens with zero attached hydrogens (tertiary/aromatic N) is 6. The van der Waals surface area contributed by atoms with Crippen LogP contribution in [0.1, 0.15) is 56.3 Å². The molecule has 2 aromatic carbocycles. The molecule has 1 aliphatic rings. The van der Waals surface area contributed by atoms with E-state index in [9.17, 15) is 10.1 Å². The van der Waals surface area contributed by atoms with Crippen LogP contribution in [0.15, 0.2) is 36.4 Å². The number of benzene rings is 2. The van der Waals surface area contributed by atoms with Gasteiger partial charge < -0.3 is 14.4 Å². The predicted molar refractivity (Wildman–Crippen MR) is 148 cm³/mol. The molecular weight excluding hydrogens is 524 g/mol. The lowest BCUT2D eigenvalue weighted by Gasteiger charge is -2.35. The van der Waals surface area contributed by atoms with Crippen LogP contribution in [0, 0.1) is 16.7 Å². The summed E-state index contributed by atoms with van der Waals surface area (Å²) in [5.74, 6) is 1.38. The Morgan fingerprint density at radius 2 is 1.95 bits per heavy atom. The third-order valence-corrected chi connectivity index (χ3v) is 8.12. The van der Waals surface area contributed by atoms with Crippen molar-refractivity contribution in [2.24, 2.45) is 5.41 Å². The van der Waals surface area contributed by atoms with E-state index in [-0.39, 0.29) is 24.3 Å². The second kappa shape index (κ2) is 10.8. The summed E-state index contributed by atoms with van der Waals surface area (Å²) in [7, 11) is 3.19. The van der Waals surface area contributed by atoms with Gasteiger partial charge in [-0.1, -0.05) is 44.5 Å². The predicted octanol–water partition coefficient (Wildman–Crippen LogP) is 5.39. The molecule has 0 saturated carbocycles. The van der Waals surface area contributed by atoms with Crippen molar-refractivity contribution in [2.45, 2.75) is 50.7 Å². The number of aryl methyl sites for hydroxylation is 1. The number of rotatable bonds is 7. The summed E-state index contributed by atoms with van der Waals surface area (Å²) in [5, 5.41) is 21.7. The number of hydrogen-bond acceptors (Lipinski definition) is 8. The first-order valence-corrected chi connectivity index (χ1v) is 13.4. The van der Waals surface area contributed by atoms with Crippen LogP contribution in [0.25, 0.3) is 0 Å². The summed E-state index contributed by atoms with van der Waals surface area (Å²) in [6, 6.07) is 13.4. The minimum absolute atomic E-state index is 0.154. The van der Waals surface area contributed by atoms with Crippen molar-refractivity contribution in [1.29, 1.82) is 5.26 Å². The van der Waals surface area contributed by atoms with Gasteiger partial charge in [0.15, 0.2) is 22.1 Å². The second-order valence-corrected chi connectivity index (χ2v) is 12.4. The first kappa shape index (κ1) is 27.7. The summed E-state index contributed by atoms with van der Waals surface area (Å²) in [6.45, 7) is 8.84. The largest absolute Gasteiger partial charge is 0.493 e. The van der Waals surface area contributed by atoms with Crippen LogP contribution < -0.4 is 14.4 Å². The van der Waals surface area contributed by atoms with E-state index < -0.39 is 10.00 Å². The van der Waals surface area contributed by atoms with Gasteiger partial charge in [0, 0.05) is 22.8 Å². The van der Waals surface area contributed by atoms with Crippen LogP contribution in [0.2, 0.25) is 5.02 Å². The monoisotopic (exact) mass is 554 g/mol. The molecule has 38 heavy (non-hydrogen) atoms. The zero-order valence-electron chi connectivity index (χ0n) is 22.4. The van der Waals surface area contributed by atoms with Gasteiger partial charge in [0.05, 0.1) is 38.5 Å². The summed E-state index contributed by atoms with van der Waals surface area (Å²) in [4.78, 5) is 16.4. The number of carbonyl (C=O) groups is 1. The van der Waals surface area contributed by atoms with Gasteiger partial charge >= 0.3 is 0 Å². The lowest BCUT2D eigenvalue weighted by molar-refractivity contribution is -0.121. The molecule has 0 N–H and O–H groups in total. The Labute approximate surface area is 232 Å². The summed E-state index contributed by atoms with van der Waals surface area (Å²) >= 11 is 7.97. The van der Waals surface area contributed by atoms with E-state index in [1.165, 1.54) is 11.8 Å². The Bertz CT molecular complexity index is 1380. The molecule has 4 rings (SSSR count). The lowest BCUT2D eigenvalue weighted by Crippen LogP contribution is -2.47. The first-order valence-electron chi connectivity index (χ1n) is 12.2. The Kier molecular flexibility index (Phi) is 7.90. The molecular formula is C27H31ClN6O3S. The van der Waals surface area contributed by atoms with Crippen LogP contribution in [0.3, 0.4) is 0 Å². The minimum atomic E-state index is -1.21. The number of para-hydroxylation sites is 1. The molecule has 0 fully saturated rings. The average Bonchev–Trinajstić information content (AvgIpc) is 3.34. The number of methoxy groups -OCH3 is 2. The number of nitriles is 1. The SMILES string of the molecule is COc1cccc([C@H]2S[C@](C)(c3nnnn3CCC#N)C(=O)N(CC(C)(C)C)c3ccc(Cl)cc32)c1OC. The van der Waals surface area contributed by atoms with E-state index in [4.69, 9.17) is 21.1 Å². The molecule has 2 atom stereocenters. The van der Waals surface area contributed by atoms with Gasteiger partial charge in [0.1, 0.15) is 0 Å². The number of amides is 1. The van der Waals surface area contributed by atoms with E-state index >= 15 is 0 Å². The topological polar surface area (TPSA) is 106 Å². The fourth-order valence-electron chi connectivity index (χ4n) is 4.68. The number of tetrazole rings is 1. The van der Waals surface area contributed by atoms with Crippen molar-refractivity contribution in [3.05, 3.63) is 58.4 Å². The van der Waals surface area contributed by atoms with Crippen LogP contribution in [0.5, 0.6) is 11.5 Å². The second-order valence-electron chi connectivity index (χ2n) is 10.4. The lowest BCUT2D eigenvalue weighted by atomic mass is 9.93. The standard InChI is InChI=1S/C27H31ClN6O3S/c1-26(2,3)16-33-20-12-11-17(28)15-19(20)23(18-9-7-10-21(36-5)22(18)37-6)38-27(4,25(33)35)24-30-31-32-34(24)14-8-13-29/h7,9-12,15,23H,8,14,16H2,1-6H3/t23-,27-/m1/s1. The molecule has 11 heteroatoms. The van der Waals surface area contributed by atoms with E-state index in [0.29, 0.717) is 28.9 Å². The van der Waals surface area contributed by atoms with Crippen LogP contribution in [-0.2, 0) is 16.1 Å². The minimum Gasteiger partial charge on any atom is -0.493 e. The third kappa shape index (κ3) is 5.18. The third-order valence-electron chi connectivity index (χ3n) is 6.31. The molecule has 9 nitrogen and oxygen atoms in total. The summed E-state index contributed by atoms with van der Waals surface area (Å²) in [6.07, 6.45) is 0.210. The molecule has 0 spiro atoms. The van der Waals surface area contributed by atoms with Gasteiger partial charge in [-0.25, -0.2) is 4.68 Å². The quantitative estimate of drug-likeness (QED) is 0.383. The van der Waals surface area contributed by atoms with Gasteiger partial charge in [-0.05, 0) is 52.6 Å². The maximum atomic E-state index is 14.6. The maximum absolute atomic E-state index is 14.6. The van der Waals surface area contributed by atoms with Crippen molar-refractivity contribution in [1.82, 2.24) is 20.2 Å². The Morgan fingerprint density at radius 1 is 1.18 bits per heavy atom. The van der Waals surface area contributed by atoms with E-state index in [0.717, 1.165) is 16.8 Å². The Morgan fingerprint density at radius 3 is 2.61 bits per heavy atom. The van der Waals surface area contributed by atoms with Gasteiger partial charge in [-0.2, -0.15) is 5.26 Å². The number of hydrogen-bond donors (Lipinski definition) is 0. The normalized spacial score (nSPS) is 19.5. The van der Waals surface area contributed by atoms with E-state index in [1.807, 2.05) is 42.2 Å². The zero-order valence-corrected chi connectivity index (χ0v) is 23.9. The van der Waals surface area contributed by atoms with Gasteiger partial charge in [0.2, 0.25) is 0 Å². The molecule has 2 heterocycles. The molecule has 1 aromatic heterocycles. The zero-order chi connectivity index (χ0) is 27.7. The number of halogens is 1. The molecule has 0 unspecified atom stereocenters. The fourth-order valence-corrected chi connectivity index (χ4v) is 6.42. The molecule has 3 aromatic rings. The number of anilines is 1. The highest BCUT2D eigenvalue weighted by molar-refractivity contribution is 8.01. The average molecular weight is 555 g/mol. The van der Waals surface area contributed by atoms with Gasteiger partial charge in [-0.3, -0.25) is 4.79 Å². The first-order chi connectivity index (χ1) is 18.0. The van der Waals surface area contributed by atoms with E-state index in [1.54, 1.807) is 25.0 Å². The summed E-state index contributed by atoms with van der Waals surface area (Å²) < 4.78 is 11.8. The van der Waals surface area contributed by atoms with Crippen LogP contribution in [-0.4, -0.2) is 46.9 Å². The van der Waals surface area contributed by atoms with Crippen molar-refractivity contribution in [2.75, 3.05) is 25.7 Å². The Hall–Kier alpha value is -3.29. The van der Waals surface area contributed by atoms with Crippen molar-refractivity contribution < 1.29 is 14.3 Å². The molecule has 200 valence electrons. The number of aromatic nitrogens is 4. The summed E-state index contributed by atoms with van der Waals surface area (Å²) in [5.41, 5.74) is 2.24. The van der Waals surface area contributed by atoms with Crippen LogP contribution >= 0.6 is 23.4 Å². The van der Waals surface area contributed by atoms with Crippen molar-refractivity contribution in [3.8, 4) is 17.6 Å². The number of carbonyl (C=O) groups excluding carboxylic acids is 1. The molecule has 0 radical (unpaired) electrons. The highest BCUT2D eigenvalue weighted by atomic mass is 35.5. The van der Waals surface area contributed by atoms with Crippen molar-refractivity contribution in [3.63, 3.8) is 0 Å². The van der Waals surface area contributed by atoms with Crippen molar-refractivity contribution >= 4 is 35.0 Å². The van der Waals surface area contributed by atoms with Gasteiger partial charge in [0.25, 0.3) is 5.91 Å².